The lowest BCUT2D eigenvalue weighted by Gasteiger charge is -2.22. The first-order valence-corrected chi connectivity index (χ1v) is 17.0. The van der Waals surface area contributed by atoms with Crippen LogP contribution in [0.1, 0.15) is 135 Å². The SMILES string of the molecule is CCCC(CCC(=O)OC(C)(C)C)NC(=O)c1ccc(CC2CCCC(c3ccccc3C)CC2)c(NC(=O)c2ccc(C)o2)c1. The number of hydrogen-bond donors (Lipinski definition) is 2. The third kappa shape index (κ3) is 10.3. The number of carbonyl (C=O) groups excluding carboxylic acids is 3. The minimum absolute atomic E-state index is 0.166. The largest absolute Gasteiger partial charge is 0.460 e. The highest BCUT2D eigenvalue weighted by molar-refractivity contribution is 6.04. The van der Waals surface area contributed by atoms with Gasteiger partial charge in [-0.2, -0.15) is 0 Å². The molecule has 7 heteroatoms. The number of amides is 2. The van der Waals surface area contributed by atoms with Crippen molar-refractivity contribution in [1.82, 2.24) is 5.32 Å². The number of anilines is 1. The predicted molar refractivity (Wildman–Crippen MR) is 183 cm³/mol. The van der Waals surface area contributed by atoms with E-state index in [4.69, 9.17) is 9.15 Å². The summed E-state index contributed by atoms with van der Waals surface area (Å²) in [6.45, 7) is 11.6. The summed E-state index contributed by atoms with van der Waals surface area (Å²) in [5, 5.41) is 6.17. The van der Waals surface area contributed by atoms with E-state index in [1.54, 1.807) is 25.1 Å². The normalized spacial score (nSPS) is 17.5. The van der Waals surface area contributed by atoms with Gasteiger partial charge in [-0.05, 0) is 126 Å². The molecule has 0 spiro atoms. The van der Waals surface area contributed by atoms with Gasteiger partial charge in [0.1, 0.15) is 11.4 Å². The van der Waals surface area contributed by atoms with Crippen LogP contribution in [0.4, 0.5) is 5.69 Å². The maximum Gasteiger partial charge on any atom is 0.306 e. The highest BCUT2D eigenvalue weighted by Crippen LogP contribution is 2.37. The van der Waals surface area contributed by atoms with Gasteiger partial charge in [0, 0.05) is 23.7 Å². The maximum absolute atomic E-state index is 13.5. The molecule has 2 N–H and O–H groups in total. The first-order chi connectivity index (χ1) is 21.9. The van der Waals surface area contributed by atoms with Gasteiger partial charge in [0.15, 0.2) is 5.76 Å². The summed E-state index contributed by atoms with van der Waals surface area (Å²) in [6, 6.07) is 17.6. The average Bonchev–Trinajstić information content (AvgIpc) is 3.31. The van der Waals surface area contributed by atoms with Crippen LogP contribution in [-0.4, -0.2) is 29.4 Å². The van der Waals surface area contributed by atoms with Crippen molar-refractivity contribution in [2.75, 3.05) is 5.32 Å². The zero-order valence-corrected chi connectivity index (χ0v) is 28.5. The van der Waals surface area contributed by atoms with Crippen molar-refractivity contribution in [3.05, 3.63) is 88.4 Å². The third-order valence-electron chi connectivity index (χ3n) is 8.90. The van der Waals surface area contributed by atoms with E-state index in [2.05, 4.69) is 48.7 Å². The van der Waals surface area contributed by atoms with Gasteiger partial charge in [0.2, 0.25) is 0 Å². The highest BCUT2D eigenvalue weighted by Gasteiger charge is 2.24. The Hall–Kier alpha value is -3.87. The smallest absolute Gasteiger partial charge is 0.306 e. The molecule has 3 unspecified atom stereocenters. The first-order valence-electron chi connectivity index (χ1n) is 17.0. The zero-order chi connectivity index (χ0) is 33.3. The van der Waals surface area contributed by atoms with Gasteiger partial charge in [0.25, 0.3) is 11.8 Å². The lowest BCUT2D eigenvalue weighted by molar-refractivity contribution is -0.155. The van der Waals surface area contributed by atoms with Gasteiger partial charge >= 0.3 is 5.97 Å². The van der Waals surface area contributed by atoms with Crippen molar-refractivity contribution in [3.8, 4) is 0 Å². The Kier molecular flexibility index (Phi) is 12.3. The molecule has 2 amide bonds. The van der Waals surface area contributed by atoms with Crippen LogP contribution < -0.4 is 10.6 Å². The number of esters is 1. The number of carbonyl (C=O) groups is 3. The van der Waals surface area contributed by atoms with Gasteiger partial charge in [-0.15, -0.1) is 0 Å². The molecular formula is C39H52N2O5. The summed E-state index contributed by atoms with van der Waals surface area (Å²) < 4.78 is 11.1. The molecule has 3 atom stereocenters. The fourth-order valence-electron chi connectivity index (χ4n) is 6.59. The van der Waals surface area contributed by atoms with Crippen LogP contribution in [0.5, 0.6) is 0 Å². The molecule has 1 aliphatic rings. The van der Waals surface area contributed by atoms with Crippen molar-refractivity contribution in [2.45, 2.75) is 123 Å². The van der Waals surface area contributed by atoms with Crippen molar-refractivity contribution in [2.24, 2.45) is 5.92 Å². The van der Waals surface area contributed by atoms with Crippen LogP contribution in [-0.2, 0) is 16.0 Å². The molecule has 3 aromatic rings. The maximum atomic E-state index is 13.5. The lowest BCUT2D eigenvalue weighted by Crippen LogP contribution is -2.35. The van der Waals surface area contributed by atoms with Crippen molar-refractivity contribution >= 4 is 23.5 Å². The Balaban J connectivity index is 1.49. The number of nitrogens with one attached hydrogen (secondary N) is 2. The summed E-state index contributed by atoms with van der Waals surface area (Å²) in [5.74, 6) is 1.12. The van der Waals surface area contributed by atoms with E-state index < -0.39 is 5.60 Å². The van der Waals surface area contributed by atoms with E-state index in [1.165, 1.54) is 24.0 Å². The third-order valence-corrected chi connectivity index (χ3v) is 8.90. The molecule has 7 nitrogen and oxygen atoms in total. The summed E-state index contributed by atoms with van der Waals surface area (Å²) in [5.41, 5.74) is 4.40. The molecule has 1 saturated carbocycles. The summed E-state index contributed by atoms with van der Waals surface area (Å²) in [7, 11) is 0. The Bertz CT molecular complexity index is 1480. The number of rotatable bonds is 12. The van der Waals surface area contributed by atoms with E-state index in [-0.39, 0.29) is 36.0 Å². The Morgan fingerprint density at radius 2 is 1.72 bits per heavy atom. The molecule has 248 valence electrons. The molecular weight excluding hydrogens is 576 g/mol. The second-order valence-corrected chi connectivity index (χ2v) is 14.0. The number of benzene rings is 2. The van der Waals surface area contributed by atoms with Gasteiger partial charge in [-0.1, -0.05) is 56.5 Å². The van der Waals surface area contributed by atoms with Gasteiger partial charge in [-0.25, -0.2) is 0 Å². The van der Waals surface area contributed by atoms with Crippen molar-refractivity contribution < 1.29 is 23.5 Å². The minimum atomic E-state index is -0.545. The average molecular weight is 629 g/mol. The lowest BCUT2D eigenvalue weighted by atomic mass is 9.87. The molecule has 0 bridgehead atoms. The van der Waals surface area contributed by atoms with Crippen LogP contribution in [0.25, 0.3) is 0 Å². The molecule has 1 aromatic heterocycles. The van der Waals surface area contributed by atoms with E-state index in [0.29, 0.717) is 35.3 Å². The quantitative estimate of drug-likeness (QED) is 0.154. The van der Waals surface area contributed by atoms with Gasteiger partial charge < -0.3 is 19.8 Å². The van der Waals surface area contributed by atoms with E-state index >= 15 is 0 Å². The second-order valence-electron chi connectivity index (χ2n) is 14.0. The Morgan fingerprint density at radius 3 is 2.41 bits per heavy atom. The number of furan rings is 1. The fourth-order valence-corrected chi connectivity index (χ4v) is 6.59. The summed E-state index contributed by atoms with van der Waals surface area (Å²) >= 11 is 0. The molecule has 1 aliphatic carbocycles. The fraction of sp³-hybridized carbons (Fsp3) is 0.513. The topological polar surface area (TPSA) is 97.6 Å². The molecule has 1 heterocycles. The second kappa shape index (κ2) is 16.1. The van der Waals surface area contributed by atoms with Crippen molar-refractivity contribution in [3.63, 3.8) is 0 Å². The number of aryl methyl sites for hydroxylation is 2. The van der Waals surface area contributed by atoms with Gasteiger partial charge in [0.05, 0.1) is 0 Å². The summed E-state index contributed by atoms with van der Waals surface area (Å²) in [4.78, 5) is 39.0. The molecule has 0 saturated heterocycles. The van der Waals surface area contributed by atoms with Gasteiger partial charge in [-0.3, -0.25) is 14.4 Å². The Morgan fingerprint density at radius 1 is 0.935 bits per heavy atom. The van der Waals surface area contributed by atoms with E-state index in [0.717, 1.165) is 44.1 Å². The monoisotopic (exact) mass is 628 g/mol. The molecule has 2 aromatic carbocycles. The molecule has 0 aliphatic heterocycles. The van der Waals surface area contributed by atoms with Crippen LogP contribution in [0.3, 0.4) is 0 Å². The molecule has 1 fully saturated rings. The van der Waals surface area contributed by atoms with Crippen LogP contribution in [0.15, 0.2) is 59.0 Å². The minimum Gasteiger partial charge on any atom is -0.460 e. The van der Waals surface area contributed by atoms with E-state index in [9.17, 15) is 14.4 Å². The van der Waals surface area contributed by atoms with Crippen LogP contribution in [0, 0.1) is 19.8 Å². The first kappa shape index (κ1) is 35.0. The van der Waals surface area contributed by atoms with Crippen LogP contribution in [0.2, 0.25) is 0 Å². The predicted octanol–water partition coefficient (Wildman–Crippen LogP) is 9.08. The molecule has 46 heavy (non-hydrogen) atoms. The number of hydrogen-bond acceptors (Lipinski definition) is 5. The standard InChI is InChI=1S/C39H52N2O5/c1-7-11-32(21-23-36(42)46-39(4,5)6)40-37(43)31-20-19-30(34(25-31)41-38(44)35-22-16-27(3)45-35)24-28-13-10-14-29(18-17-28)33-15-9-8-12-26(33)2/h8-9,12,15-16,19-20,22,25,28-29,32H,7,10-11,13-14,17-18,21,23-24H2,1-6H3,(H,40,43)(H,41,44). The molecule has 0 radical (unpaired) electrons. The Labute approximate surface area is 274 Å². The van der Waals surface area contributed by atoms with Crippen molar-refractivity contribution in [1.29, 1.82) is 0 Å². The van der Waals surface area contributed by atoms with Crippen LogP contribution >= 0.6 is 0 Å². The number of ether oxygens (including phenoxy) is 1. The zero-order valence-electron chi connectivity index (χ0n) is 28.5. The molecule has 4 rings (SSSR count). The van der Waals surface area contributed by atoms with E-state index in [1.807, 2.05) is 32.9 Å². The summed E-state index contributed by atoms with van der Waals surface area (Å²) in [6.07, 6.45) is 8.92. The highest BCUT2D eigenvalue weighted by atomic mass is 16.6.